The molecular formula is C14H20ClF3IN5O. The molecule has 1 aliphatic rings. The van der Waals surface area contributed by atoms with E-state index in [0.29, 0.717) is 31.4 Å². The molecule has 6 nitrogen and oxygen atoms in total. The Morgan fingerprint density at radius 2 is 2.24 bits per heavy atom. The maximum atomic E-state index is 12.7. The van der Waals surface area contributed by atoms with E-state index < -0.39 is 11.7 Å². The van der Waals surface area contributed by atoms with E-state index in [9.17, 15) is 13.2 Å². The predicted octanol–water partition coefficient (Wildman–Crippen LogP) is 2.11. The van der Waals surface area contributed by atoms with Crippen LogP contribution in [0.4, 0.5) is 19.0 Å². The van der Waals surface area contributed by atoms with Gasteiger partial charge < -0.3 is 20.6 Å². The summed E-state index contributed by atoms with van der Waals surface area (Å²) < 4.78 is 38.0. The molecule has 2 heterocycles. The number of nitrogens with zero attached hydrogens (tertiary/aromatic N) is 3. The fraction of sp³-hybridized carbons (Fsp3) is 0.571. The Hall–Kier alpha value is -1.01. The third kappa shape index (κ3) is 6.03. The Bertz CT molecular complexity index is 602. The van der Waals surface area contributed by atoms with E-state index in [-0.39, 0.29) is 41.6 Å². The van der Waals surface area contributed by atoms with Crippen molar-refractivity contribution in [1.29, 1.82) is 0 Å². The highest BCUT2D eigenvalue weighted by Crippen LogP contribution is 2.34. The SMILES string of the molecule is CN=C(NCCO)NC1CCN(c2ncc(C(F)(F)F)cc2Cl)C1.I. The van der Waals surface area contributed by atoms with Crippen LogP contribution in [0.3, 0.4) is 0 Å². The normalized spacial score (nSPS) is 18.1. The van der Waals surface area contributed by atoms with Crippen LogP contribution in [-0.2, 0) is 6.18 Å². The lowest BCUT2D eigenvalue weighted by atomic mass is 10.2. The standard InChI is InChI=1S/C14H19ClF3N5O.HI/c1-19-13(20-3-5-24)22-10-2-4-23(8-10)12-11(15)6-9(7-21-12)14(16,17)18;/h6-7,10,24H,2-5,8H2,1H3,(H2,19,20,22);1H. The average Bonchev–Trinajstić information content (AvgIpc) is 2.98. The number of aliphatic imine (C=N–C) groups is 1. The van der Waals surface area contributed by atoms with E-state index >= 15 is 0 Å². The molecule has 1 unspecified atom stereocenters. The maximum Gasteiger partial charge on any atom is 0.417 e. The van der Waals surface area contributed by atoms with Crippen molar-refractivity contribution in [3.8, 4) is 0 Å². The van der Waals surface area contributed by atoms with Gasteiger partial charge >= 0.3 is 6.18 Å². The molecule has 0 bridgehead atoms. The maximum absolute atomic E-state index is 12.7. The molecule has 1 fully saturated rings. The van der Waals surface area contributed by atoms with Gasteiger partial charge in [-0.15, -0.1) is 24.0 Å². The highest BCUT2D eigenvalue weighted by molar-refractivity contribution is 14.0. The van der Waals surface area contributed by atoms with Crippen molar-refractivity contribution in [2.75, 3.05) is 38.2 Å². The number of alkyl halides is 3. The molecule has 1 saturated heterocycles. The molecule has 0 amide bonds. The topological polar surface area (TPSA) is 72.8 Å². The van der Waals surface area contributed by atoms with Gasteiger partial charge in [0.1, 0.15) is 5.82 Å². The molecular weight excluding hydrogens is 474 g/mol. The monoisotopic (exact) mass is 493 g/mol. The van der Waals surface area contributed by atoms with E-state index in [1.807, 2.05) is 4.90 Å². The Labute approximate surface area is 165 Å². The second kappa shape index (κ2) is 9.62. The molecule has 0 aliphatic carbocycles. The molecule has 25 heavy (non-hydrogen) atoms. The Balaban J connectivity index is 0.00000312. The number of guanidine groups is 1. The van der Waals surface area contributed by atoms with Crippen LogP contribution < -0.4 is 15.5 Å². The molecule has 0 radical (unpaired) electrons. The van der Waals surface area contributed by atoms with Gasteiger partial charge in [0.25, 0.3) is 0 Å². The summed E-state index contributed by atoms with van der Waals surface area (Å²) in [5.41, 5.74) is -0.862. The van der Waals surface area contributed by atoms with Gasteiger partial charge in [0.15, 0.2) is 5.96 Å². The van der Waals surface area contributed by atoms with Crippen molar-refractivity contribution < 1.29 is 18.3 Å². The lowest BCUT2D eigenvalue weighted by molar-refractivity contribution is -0.137. The second-order valence-corrected chi connectivity index (χ2v) is 5.73. The number of hydrogen-bond donors (Lipinski definition) is 3. The number of aliphatic hydroxyl groups is 1. The first kappa shape index (κ1) is 22.0. The second-order valence-electron chi connectivity index (χ2n) is 5.33. The summed E-state index contributed by atoms with van der Waals surface area (Å²) in [6, 6.07) is 0.946. The van der Waals surface area contributed by atoms with Gasteiger partial charge in [-0.2, -0.15) is 13.2 Å². The minimum Gasteiger partial charge on any atom is -0.395 e. The number of pyridine rings is 1. The molecule has 1 aliphatic heterocycles. The number of hydrogen-bond acceptors (Lipinski definition) is 4. The van der Waals surface area contributed by atoms with Crippen LogP contribution in [0, 0.1) is 0 Å². The minimum absolute atomic E-state index is 0. The Kier molecular flexibility index (Phi) is 8.48. The molecule has 2 rings (SSSR count). The van der Waals surface area contributed by atoms with Crippen molar-refractivity contribution in [1.82, 2.24) is 15.6 Å². The number of anilines is 1. The van der Waals surface area contributed by atoms with E-state index in [1.165, 1.54) is 0 Å². The molecule has 0 saturated carbocycles. The Morgan fingerprint density at radius 3 is 2.80 bits per heavy atom. The van der Waals surface area contributed by atoms with Crippen LogP contribution in [0.15, 0.2) is 17.3 Å². The van der Waals surface area contributed by atoms with Gasteiger partial charge in [0, 0.05) is 38.9 Å². The average molecular weight is 494 g/mol. The molecule has 1 aromatic heterocycles. The molecule has 1 atom stereocenters. The Morgan fingerprint density at radius 1 is 1.52 bits per heavy atom. The largest absolute Gasteiger partial charge is 0.417 e. The summed E-state index contributed by atoms with van der Waals surface area (Å²) in [6.45, 7) is 1.52. The zero-order valence-electron chi connectivity index (χ0n) is 13.5. The van der Waals surface area contributed by atoms with Crippen molar-refractivity contribution in [3.63, 3.8) is 0 Å². The predicted molar refractivity (Wildman–Crippen MR) is 102 cm³/mol. The van der Waals surface area contributed by atoms with Gasteiger partial charge in [0.05, 0.1) is 17.2 Å². The third-order valence-electron chi connectivity index (χ3n) is 3.61. The zero-order chi connectivity index (χ0) is 17.7. The van der Waals surface area contributed by atoms with Crippen molar-refractivity contribution in [2.24, 2.45) is 4.99 Å². The van der Waals surface area contributed by atoms with Crippen LogP contribution in [0.2, 0.25) is 5.02 Å². The lowest BCUT2D eigenvalue weighted by Gasteiger charge is -2.21. The number of halogens is 5. The van der Waals surface area contributed by atoms with E-state index in [0.717, 1.165) is 18.7 Å². The van der Waals surface area contributed by atoms with Crippen LogP contribution in [0.25, 0.3) is 0 Å². The molecule has 1 aromatic rings. The summed E-state index contributed by atoms with van der Waals surface area (Å²) in [6.07, 6.45) is -2.91. The van der Waals surface area contributed by atoms with Gasteiger partial charge in [0.2, 0.25) is 0 Å². The minimum atomic E-state index is -4.46. The van der Waals surface area contributed by atoms with Crippen molar-refractivity contribution in [2.45, 2.75) is 18.6 Å². The van der Waals surface area contributed by atoms with Crippen LogP contribution in [0.5, 0.6) is 0 Å². The summed E-state index contributed by atoms with van der Waals surface area (Å²) >= 11 is 5.98. The number of nitrogens with one attached hydrogen (secondary N) is 2. The fourth-order valence-corrected chi connectivity index (χ4v) is 2.74. The molecule has 3 N–H and O–H groups in total. The molecule has 0 aromatic carbocycles. The first-order chi connectivity index (χ1) is 11.3. The van der Waals surface area contributed by atoms with E-state index in [1.54, 1.807) is 7.05 Å². The van der Waals surface area contributed by atoms with Crippen molar-refractivity contribution >= 4 is 47.4 Å². The summed E-state index contributed by atoms with van der Waals surface area (Å²) in [7, 11) is 1.62. The number of aromatic nitrogens is 1. The first-order valence-corrected chi connectivity index (χ1v) is 7.78. The number of rotatable bonds is 4. The van der Waals surface area contributed by atoms with E-state index in [2.05, 4.69) is 20.6 Å². The molecule has 142 valence electrons. The zero-order valence-corrected chi connectivity index (χ0v) is 16.6. The summed E-state index contributed by atoms with van der Waals surface area (Å²) in [5.74, 6) is 0.898. The molecule has 0 spiro atoms. The van der Waals surface area contributed by atoms with Crippen molar-refractivity contribution in [3.05, 3.63) is 22.8 Å². The third-order valence-corrected chi connectivity index (χ3v) is 3.88. The van der Waals surface area contributed by atoms with Crippen LogP contribution in [-0.4, -0.2) is 55.4 Å². The highest BCUT2D eigenvalue weighted by Gasteiger charge is 2.33. The van der Waals surface area contributed by atoms with Crippen LogP contribution in [0.1, 0.15) is 12.0 Å². The van der Waals surface area contributed by atoms with Gasteiger partial charge in [-0.3, -0.25) is 4.99 Å². The summed E-state index contributed by atoms with van der Waals surface area (Å²) in [5, 5.41) is 14.9. The van der Waals surface area contributed by atoms with Gasteiger partial charge in [-0.1, -0.05) is 11.6 Å². The van der Waals surface area contributed by atoms with Crippen LogP contribution >= 0.6 is 35.6 Å². The molecule has 11 heteroatoms. The smallest absolute Gasteiger partial charge is 0.395 e. The van der Waals surface area contributed by atoms with Gasteiger partial charge in [-0.05, 0) is 12.5 Å². The fourth-order valence-electron chi connectivity index (χ4n) is 2.45. The quantitative estimate of drug-likeness (QED) is 0.340. The number of aliphatic hydroxyl groups excluding tert-OH is 1. The van der Waals surface area contributed by atoms with Gasteiger partial charge in [-0.25, -0.2) is 4.98 Å². The highest BCUT2D eigenvalue weighted by atomic mass is 127. The van der Waals surface area contributed by atoms with E-state index in [4.69, 9.17) is 16.7 Å². The lowest BCUT2D eigenvalue weighted by Crippen LogP contribution is -2.45. The first-order valence-electron chi connectivity index (χ1n) is 7.41. The summed E-state index contributed by atoms with van der Waals surface area (Å²) in [4.78, 5) is 9.75.